The summed E-state index contributed by atoms with van der Waals surface area (Å²) in [5.41, 5.74) is 0. The first-order chi connectivity index (χ1) is 8.34. The first-order valence-corrected chi connectivity index (χ1v) is 9.85. The molecule has 0 radical (unpaired) electrons. The van der Waals surface area contributed by atoms with Crippen molar-refractivity contribution in [2.24, 2.45) is 0 Å². The highest BCUT2D eigenvalue weighted by Crippen LogP contribution is 2.64. The first kappa shape index (κ1) is 17.2. The van der Waals surface area contributed by atoms with Gasteiger partial charge in [0.25, 0.3) is 0 Å². The summed E-state index contributed by atoms with van der Waals surface area (Å²) in [6, 6.07) is 0. The average molecular weight is 337 g/mol. The summed E-state index contributed by atoms with van der Waals surface area (Å²) in [6.07, 6.45) is -0.327. The number of rotatable bonds is 7. The van der Waals surface area contributed by atoms with Gasteiger partial charge in [0.2, 0.25) is 0 Å². The van der Waals surface area contributed by atoms with Gasteiger partial charge in [0.05, 0.1) is 24.7 Å². The number of hydrogen-bond donors (Lipinski definition) is 0. The Morgan fingerprint density at radius 1 is 1.33 bits per heavy atom. The predicted octanol–water partition coefficient (Wildman–Crippen LogP) is 3.96. The largest absolute Gasteiger partial charge is 0.340 e. The molecule has 0 aliphatic carbocycles. The molecular weight excluding hydrogens is 318 g/mol. The summed E-state index contributed by atoms with van der Waals surface area (Å²) in [5.74, 6) is 0.362. The molecule has 2 unspecified atom stereocenters. The van der Waals surface area contributed by atoms with Gasteiger partial charge in [0.1, 0.15) is 6.10 Å². The van der Waals surface area contributed by atoms with Crippen LogP contribution in [0, 0.1) is 0 Å². The minimum Gasteiger partial charge on any atom is -0.309 e. The van der Waals surface area contributed by atoms with E-state index in [4.69, 9.17) is 45.8 Å². The summed E-state index contributed by atoms with van der Waals surface area (Å²) in [6.45, 7) is 5.06. The van der Waals surface area contributed by atoms with Crippen molar-refractivity contribution in [3.63, 3.8) is 0 Å². The van der Waals surface area contributed by atoms with Crippen LogP contribution in [0.5, 0.6) is 0 Å². The van der Waals surface area contributed by atoms with E-state index in [2.05, 4.69) is 0 Å². The van der Waals surface area contributed by atoms with Crippen LogP contribution in [-0.2, 0) is 34.2 Å². The monoisotopic (exact) mass is 336 g/mol. The zero-order chi connectivity index (χ0) is 13.8. The molecule has 108 valence electrons. The zero-order valence-electron chi connectivity index (χ0n) is 10.9. The molecule has 0 aromatic heterocycles. The molecule has 0 saturated carbocycles. The third-order valence-electron chi connectivity index (χ3n) is 1.62. The second-order valence-electron chi connectivity index (χ2n) is 4.24. The van der Waals surface area contributed by atoms with Gasteiger partial charge in [0, 0.05) is 0 Å². The summed E-state index contributed by atoms with van der Waals surface area (Å²) < 4.78 is 27.6. The van der Waals surface area contributed by atoms with Crippen LogP contribution in [-0.4, -0.2) is 30.8 Å². The third kappa shape index (κ3) is 6.08. The Hall–Kier alpha value is 1.17. The Morgan fingerprint density at radius 3 is 2.28 bits per heavy atom. The molecule has 9 heteroatoms. The van der Waals surface area contributed by atoms with E-state index in [1.165, 1.54) is 0 Å². The third-order valence-corrected chi connectivity index (χ3v) is 6.60. The van der Waals surface area contributed by atoms with Crippen molar-refractivity contribution in [3.05, 3.63) is 0 Å². The summed E-state index contributed by atoms with van der Waals surface area (Å²) in [5, 5.41) is 0. The van der Waals surface area contributed by atoms with E-state index in [0.717, 1.165) is 0 Å². The maximum absolute atomic E-state index is 5.68. The van der Waals surface area contributed by atoms with Crippen molar-refractivity contribution in [2.45, 2.75) is 46.0 Å². The van der Waals surface area contributed by atoms with E-state index >= 15 is 0 Å². The van der Waals surface area contributed by atoms with Gasteiger partial charge in [-0.2, -0.15) is 0 Å². The number of alkyl halides is 1. The summed E-state index contributed by atoms with van der Waals surface area (Å²) >= 11 is 11.0. The molecule has 5 nitrogen and oxygen atoms in total. The van der Waals surface area contributed by atoms with Gasteiger partial charge in [-0.1, -0.05) is 0 Å². The van der Waals surface area contributed by atoms with Crippen LogP contribution >= 0.6 is 26.9 Å². The molecule has 1 aliphatic rings. The van der Waals surface area contributed by atoms with Gasteiger partial charge in [-0.05, 0) is 39.5 Å². The highest BCUT2D eigenvalue weighted by molar-refractivity contribution is 8.08. The minimum absolute atomic E-state index is 0.0870. The van der Waals surface area contributed by atoms with Crippen LogP contribution in [0.1, 0.15) is 27.7 Å². The van der Waals surface area contributed by atoms with Crippen molar-refractivity contribution in [2.75, 3.05) is 12.5 Å². The predicted molar refractivity (Wildman–Crippen MR) is 76.3 cm³/mol. The van der Waals surface area contributed by atoms with E-state index in [1.807, 2.05) is 27.7 Å². The second kappa shape index (κ2) is 7.82. The van der Waals surface area contributed by atoms with E-state index in [0.29, 0.717) is 12.5 Å². The van der Waals surface area contributed by atoms with Gasteiger partial charge < -0.3 is 18.1 Å². The maximum atomic E-state index is 5.68. The molecule has 18 heavy (non-hydrogen) atoms. The molecule has 1 heterocycles. The van der Waals surface area contributed by atoms with Crippen LogP contribution in [0.3, 0.4) is 0 Å². The molecule has 0 bridgehead atoms. The Labute approximate surface area is 120 Å². The second-order valence-corrected chi connectivity index (χ2v) is 8.77. The zero-order valence-corrected chi connectivity index (χ0v) is 14.2. The van der Waals surface area contributed by atoms with E-state index in [1.54, 1.807) is 0 Å². The van der Waals surface area contributed by atoms with Crippen LogP contribution in [0.4, 0.5) is 0 Å². The lowest BCUT2D eigenvalue weighted by molar-refractivity contribution is 0.136. The Kier molecular flexibility index (Phi) is 7.48. The normalized spacial score (nSPS) is 25.3. The molecule has 2 atom stereocenters. The molecule has 0 aromatic rings. The van der Waals surface area contributed by atoms with Crippen LogP contribution in [0.2, 0.25) is 0 Å². The SMILES string of the molecule is CC(C)OP(=S)(OC(C)C)OP1OCC(CCl)O1. The van der Waals surface area contributed by atoms with Gasteiger partial charge in [-0.15, -0.1) is 11.6 Å². The molecule has 0 spiro atoms. The molecule has 1 saturated heterocycles. The Balaban J connectivity index is 2.58. The quantitative estimate of drug-likeness (QED) is 0.518. The summed E-state index contributed by atoms with van der Waals surface area (Å²) in [4.78, 5) is 0. The highest BCUT2D eigenvalue weighted by atomic mass is 35.5. The smallest absolute Gasteiger partial charge is 0.309 e. The van der Waals surface area contributed by atoms with Gasteiger partial charge in [0.15, 0.2) is 0 Å². The lowest BCUT2D eigenvalue weighted by Crippen LogP contribution is -2.10. The first-order valence-electron chi connectivity index (χ1n) is 5.67. The number of halogens is 1. The summed E-state index contributed by atoms with van der Waals surface area (Å²) in [7, 11) is -1.53. The molecule has 1 rings (SSSR count). The molecule has 1 aliphatic heterocycles. The fourth-order valence-electron chi connectivity index (χ4n) is 1.10. The van der Waals surface area contributed by atoms with Crippen molar-refractivity contribution in [3.8, 4) is 0 Å². The topological polar surface area (TPSA) is 46.2 Å². The van der Waals surface area contributed by atoms with E-state index in [-0.39, 0.29) is 18.3 Å². The van der Waals surface area contributed by atoms with Gasteiger partial charge in [-0.3, -0.25) is 0 Å². The van der Waals surface area contributed by atoms with Crippen LogP contribution in [0.15, 0.2) is 0 Å². The van der Waals surface area contributed by atoms with Gasteiger partial charge in [-0.25, -0.2) is 4.31 Å². The molecule has 1 fully saturated rings. The molecule has 0 aromatic carbocycles. The Bertz CT molecular complexity index is 291. The molecular formula is C9H19ClO5P2S. The van der Waals surface area contributed by atoms with Crippen molar-refractivity contribution >= 4 is 38.7 Å². The van der Waals surface area contributed by atoms with Crippen molar-refractivity contribution in [1.82, 2.24) is 0 Å². The fraction of sp³-hybridized carbons (Fsp3) is 1.00. The van der Waals surface area contributed by atoms with Crippen LogP contribution in [0.25, 0.3) is 0 Å². The van der Waals surface area contributed by atoms with Crippen LogP contribution < -0.4 is 0 Å². The minimum atomic E-state index is -2.85. The average Bonchev–Trinajstić information content (AvgIpc) is 2.61. The lowest BCUT2D eigenvalue weighted by Gasteiger charge is -2.26. The number of hydrogen-bond acceptors (Lipinski definition) is 6. The molecule has 0 N–H and O–H groups in total. The van der Waals surface area contributed by atoms with Gasteiger partial charge >= 0.3 is 15.3 Å². The highest BCUT2D eigenvalue weighted by Gasteiger charge is 2.36. The maximum Gasteiger partial charge on any atom is 0.340 e. The van der Waals surface area contributed by atoms with Crippen molar-refractivity contribution in [1.29, 1.82) is 0 Å². The lowest BCUT2D eigenvalue weighted by atomic mass is 10.5. The standard InChI is InChI=1S/C9H19ClO5P2S/c1-7(2)13-17(18,14-8(3)4)15-16-11-6-9(5-10)12-16/h7-9H,5-6H2,1-4H3. The van der Waals surface area contributed by atoms with E-state index < -0.39 is 15.3 Å². The fourth-order valence-corrected chi connectivity index (χ4v) is 5.98. The van der Waals surface area contributed by atoms with Crippen molar-refractivity contribution < 1.29 is 22.4 Å². The van der Waals surface area contributed by atoms with E-state index in [9.17, 15) is 0 Å². The Morgan fingerprint density at radius 2 is 1.89 bits per heavy atom. The molecule has 0 amide bonds.